The number of piperidine rings is 1. The van der Waals surface area contributed by atoms with Crippen LogP contribution in [0.2, 0.25) is 5.04 Å². The molecule has 0 aromatic heterocycles. The predicted octanol–water partition coefficient (Wildman–Crippen LogP) is 9.87. The Hall–Kier alpha value is -5.27. The molecule has 5 aromatic carbocycles. The number of rotatable bonds is 9. The summed E-state index contributed by atoms with van der Waals surface area (Å²) in [4.78, 5) is 35.0. The average molecular weight is 795 g/mol. The molecule has 2 amide bonds. The third-order valence-corrected chi connectivity index (χ3v) is 17.2. The molecule has 7 rings (SSSR count). The molecule has 0 radical (unpaired) electrons. The van der Waals surface area contributed by atoms with E-state index in [1.807, 2.05) is 77.4 Å². The summed E-state index contributed by atoms with van der Waals surface area (Å²) >= 11 is 1.67. The van der Waals surface area contributed by atoms with Crippen LogP contribution in [0.25, 0.3) is 0 Å². The zero-order chi connectivity index (χ0) is 40.2. The summed E-state index contributed by atoms with van der Waals surface area (Å²) in [5.74, 6) is 7.54. The molecule has 1 fully saturated rings. The van der Waals surface area contributed by atoms with E-state index in [-0.39, 0.29) is 29.3 Å². The van der Waals surface area contributed by atoms with Crippen molar-refractivity contribution in [2.45, 2.75) is 80.4 Å². The van der Waals surface area contributed by atoms with Gasteiger partial charge in [-0.05, 0) is 71.9 Å². The Labute approximate surface area is 342 Å². The maximum absolute atomic E-state index is 14.7. The number of Topliss-reactive ketones (excluding diaryl/α,β-unsaturated/α-hetero) is 1. The lowest BCUT2D eigenvalue weighted by atomic mass is 9.93. The third-order valence-electron chi connectivity index (χ3n) is 10.9. The van der Waals surface area contributed by atoms with Crippen LogP contribution in [0.4, 0.5) is 16.2 Å². The summed E-state index contributed by atoms with van der Waals surface area (Å²) in [5.41, 5.74) is 2.67. The van der Waals surface area contributed by atoms with Crippen molar-refractivity contribution in [1.29, 1.82) is 0 Å². The first kappa shape index (κ1) is 39.9. The van der Waals surface area contributed by atoms with E-state index in [0.29, 0.717) is 29.2 Å². The van der Waals surface area contributed by atoms with E-state index in [2.05, 4.69) is 81.1 Å². The number of benzene rings is 5. The van der Waals surface area contributed by atoms with Crippen molar-refractivity contribution < 1.29 is 23.5 Å². The number of hydrogen-bond donors (Lipinski definition) is 0. The molecule has 57 heavy (non-hydrogen) atoms. The number of fused-ring (bicyclic) bond motifs is 2. The van der Waals surface area contributed by atoms with Crippen molar-refractivity contribution in [1.82, 2.24) is 4.90 Å². The summed E-state index contributed by atoms with van der Waals surface area (Å²) < 4.78 is 18.6. The molecule has 0 spiro atoms. The van der Waals surface area contributed by atoms with Gasteiger partial charge in [0.25, 0.3) is 8.32 Å². The van der Waals surface area contributed by atoms with Crippen molar-refractivity contribution in [2.75, 3.05) is 25.7 Å². The van der Waals surface area contributed by atoms with Crippen molar-refractivity contribution in [3.05, 3.63) is 132 Å². The molecule has 7 nitrogen and oxygen atoms in total. The number of anilines is 2. The highest BCUT2D eigenvalue weighted by molar-refractivity contribution is 7.99. The molecule has 2 heterocycles. The van der Waals surface area contributed by atoms with Crippen molar-refractivity contribution in [2.24, 2.45) is 0 Å². The molecule has 0 aliphatic carbocycles. The maximum Gasteiger partial charge on any atom is 0.329 e. The lowest BCUT2D eigenvalue weighted by molar-refractivity contribution is 0.0912. The summed E-state index contributed by atoms with van der Waals surface area (Å²) in [6, 6.07) is 40.1. The number of ketones is 1. The van der Waals surface area contributed by atoms with Crippen LogP contribution in [-0.2, 0) is 4.43 Å². The number of likely N-dealkylation sites (tertiary alicyclic amines) is 1. The van der Waals surface area contributed by atoms with E-state index < -0.39 is 14.4 Å². The normalized spacial score (nSPS) is 15.7. The molecule has 1 saturated heterocycles. The van der Waals surface area contributed by atoms with Crippen molar-refractivity contribution >= 4 is 53.6 Å². The SMILES string of the molecule is COc1cc(C#C[C@@H](C)O[Si](c2ccccc2)(c2ccccc2)C(C)(C)C)c(C(=O)C[C@H]2CCCCN2C(=O)N2c3ccccc3Sc3ccccc32)cc1OC. The van der Waals surface area contributed by atoms with E-state index in [9.17, 15) is 9.59 Å². The molecule has 9 heteroatoms. The van der Waals surface area contributed by atoms with Gasteiger partial charge in [0.05, 0.1) is 25.6 Å². The Morgan fingerprint density at radius 2 is 1.33 bits per heavy atom. The standard InChI is InChI=1S/C48H50N2O5SSi/c1-34(55-57(48(2,3)4,37-20-9-7-10-21-37)38-22-11-8-12-23-38)28-29-35-31-43(53-5)44(54-6)33-39(35)42(51)32-36-19-17-18-30-49(36)47(52)50-40-24-13-15-26-45(40)56-46-27-16-14-25-41(46)50/h7-16,20-27,31,33-34,36H,17-19,30,32H2,1-6H3/t34-,36-/m1/s1. The molecule has 0 unspecified atom stereocenters. The van der Waals surface area contributed by atoms with Gasteiger partial charge in [-0.3, -0.25) is 9.69 Å². The van der Waals surface area contributed by atoms with Gasteiger partial charge >= 0.3 is 6.03 Å². The second-order valence-corrected chi connectivity index (χ2v) is 20.9. The largest absolute Gasteiger partial charge is 0.493 e. The quantitative estimate of drug-likeness (QED) is 0.0841. The van der Waals surface area contributed by atoms with Crippen LogP contribution < -0.4 is 24.7 Å². The van der Waals surface area contributed by atoms with Crippen LogP contribution in [0.15, 0.2) is 131 Å². The van der Waals surface area contributed by atoms with E-state index in [0.717, 1.165) is 40.4 Å². The number of hydrogen-bond acceptors (Lipinski definition) is 6. The maximum atomic E-state index is 14.7. The molecule has 5 aromatic rings. The fraction of sp³-hybridized carbons (Fsp3) is 0.292. The Balaban J connectivity index is 1.21. The first-order valence-electron chi connectivity index (χ1n) is 19.6. The molecule has 2 atom stereocenters. The first-order valence-corrected chi connectivity index (χ1v) is 22.3. The molecule has 0 bridgehead atoms. The lowest BCUT2D eigenvalue weighted by Crippen LogP contribution is -2.67. The number of nitrogens with zero attached hydrogens (tertiary/aromatic N) is 2. The second kappa shape index (κ2) is 17.1. The summed E-state index contributed by atoms with van der Waals surface area (Å²) in [7, 11) is 0.254. The third kappa shape index (κ3) is 8.00. The van der Waals surface area contributed by atoms with Crippen molar-refractivity contribution in [3.63, 3.8) is 0 Å². The van der Waals surface area contributed by atoms with Gasteiger partial charge in [0.15, 0.2) is 17.3 Å². The number of urea groups is 1. The van der Waals surface area contributed by atoms with Gasteiger partial charge in [0, 0.05) is 46.0 Å². The number of carbonyl (C=O) groups is 2. The van der Waals surface area contributed by atoms with Crippen LogP contribution in [0, 0.1) is 11.8 Å². The van der Waals surface area contributed by atoms with Gasteiger partial charge in [-0.15, -0.1) is 0 Å². The van der Waals surface area contributed by atoms with E-state index in [1.54, 1.807) is 38.1 Å². The van der Waals surface area contributed by atoms with Crippen LogP contribution in [-0.4, -0.2) is 57.9 Å². The highest BCUT2D eigenvalue weighted by Gasteiger charge is 2.51. The van der Waals surface area contributed by atoms with Gasteiger partial charge in [0.1, 0.15) is 6.10 Å². The lowest BCUT2D eigenvalue weighted by Gasteiger charge is -2.44. The minimum Gasteiger partial charge on any atom is -0.493 e. The fourth-order valence-corrected chi connectivity index (χ4v) is 13.9. The fourth-order valence-electron chi connectivity index (χ4n) is 8.21. The van der Waals surface area contributed by atoms with E-state index in [1.165, 1.54) is 10.4 Å². The van der Waals surface area contributed by atoms with Crippen LogP contribution in [0.3, 0.4) is 0 Å². The highest BCUT2D eigenvalue weighted by atomic mass is 32.2. The Morgan fingerprint density at radius 1 is 0.789 bits per heavy atom. The molecule has 2 aliphatic rings. The van der Waals surface area contributed by atoms with E-state index >= 15 is 0 Å². The van der Waals surface area contributed by atoms with Gasteiger partial charge < -0.3 is 18.8 Å². The monoisotopic (exact) mass is 794 g/mol. The summed E-state index contributed by atoms with van der Waals surface area (Å²) in [6.45, 7) is 9.28. The van der Waals surface area contributed by atoms with Gasteiger partial charge in [-0.25, -0.2) is 4.79 Å². The van der Waals surface area contributed by atoms with E-state index in [4.69, 9.17) is 13.9 Å². The predicted molar refractivity (Wildman–Crippen MR) is 232 cm³/mol. The molecule has 0 N–H and O–H groups in total. The number of para-hydroxylation sites is 2. The summed E-state index contributed by atoms with van der Waals surface area (Å²) in [5, 5.41) is 2.11. The summed E-state index contributed by atoms with van der Waals surface area (Å²) in [6.07, 6.45) is 2.20. The Bertz CT molecular complexity index is 2210. The zero-order valence-corrected chi connectivity index (χ0v) is 35.4. The second-order valence-electron chi connectivity index (χ2n) is 15.6. The molecule has 0 saturated carbocycles. The molecular weight excluding hydrogens is 745 g/mol. The number of carbonyl (C=O) groups excluding carboxylic acids is 2. The minimum atomic E-state index is -2.88. The van der Waals surface area contributed by atoms with Crippen LogP contribution >= 0.6 is 11.8 Å². The zero-order valence-electron chi connectivity index (χ0n) is 33.6. The smallest absolute Gasteiger partial charge is 0.329 e. The van der Waals surface area contributed by atoms with Gasteiger partial charge in [-0.1, -0.05) is 129 Å². The number of methoxy groups -OCH3 is 2. The van der Waals surface area contributed by atoms with Crippen molar-refractivity contribution in [3.8, 4) is 23.3 Å². The minimum absolute atomic E-state index is 0.111. The molecular formula is C48H50N2O5SSi. The van der Waals surface area contributed by atoms with Gasteiger partial charge in [0.2, 0.25) is 0 Å². The van der Waals surface area contributed by atoms with Crippen LogP contribution in [0.5, 0.6) is 11.5 Å². The number of amides is 2. The number of ether oxygens (including phenoxy) is 2. The molecule has 292 valence electrons. The average Bonchev–Trinajstić information content (AvgIpc) is 3.23. The van der Waals surface area contributed by atoms with Crippen LogP contribution in [0.1, 0.15) is 69.3 Å². The Kier molecular flexibility index (Phi) is 12.0. The highest BCUT2D eigenvalue weighted by Crippen LogP contribution is 2.48. The Morgan fingerprint density at radius 3 is 1.89 bits per heavy atom. The molecule has 2 aliphatic heterocycles. The topological polar surface area (TPSA) is 68.3 Å². The van der Waals surface area contributed by atoms with Gasteiger partial charge in [-0.2, -0.15) is 0 Å². The first-order chi connectivity index (χ1) is 27.6.